The molecule has 4 heterocycles. The molecule has 5 rings (SSSR count). The molecule has 0 radical (unpaired) electrons. The number of nitro groups is 1. The number of hydrogen-bond acceptors (Lipinski definition) is 10. The molecule has 0 unspecified atom stereocenters. The number of β-lactam (4-membered cyclic amide) rings is 1. The molecule has 1 N–H and O–H groups in total. The number of thiazole rings is 1. The van der Waals surface area contributed by atoms with Crippen molar-refractivity contribution in [1.82, 2.24) is 14.3 Å². The van der Waals surface area contributed by atoms with E-state index in [4.69, 9.17) is 10.3 Å². The summed E-state index contributed by atoms with van der Waals surface area (Å²) in [5.41, 5.74) is 9.75. The van der Waals surface area contributed by atoms with E-state index in [0.29, 0.717) is 17.7 Å². The fourth-order valence-corrected chi connectivity index (χ4v) is 7.97. The predicted octanol–water partition coefficient (Wildman–Crippen LogP) is 5.58. The summed E-state index contributed by atoms with van der Waals surface area (Å²) in [5, 5.41) is 25.7. The maximum atomic E-state index is 13.6. The van der Waals surface area contributed by atoms with Crippen LogP contribution in [0.3, 0.4) is 0 Å². The van der Waals surface area contributed by atoms with Crippen LogP contribution in [-0.2, 0) is 20.9 Å². The number of nitrogens with zero attached hydrogens (tertiary/aromatic N) is 7. The third-order valence-electron chi connectivity index (χ3n) is 7.78. The van der Waals surface area contributed by atoms with Crippen LogP contribution in [0.1, 0.15) is 50.0 Å². The van der Waals surface area contributed by atoms with E-state index in [1.165, 1.54) is 40.5 Å². The Morgan fingerprint density at radius 1 is 1.30 bits per heavy atom. The number of imidazole rings is 1. The van der Waals surface area contributed by atoms with Gasteiger partial charge in [0.25, 0.3) is 5.69 Å². The molecule has 2 aliphatic rings. The Hall–Kier alpha value is -3.91. The van der Waals surface area contributed by atoms with Crippen LogP contribution in [0.5, 0.6) is 0 Å². The molecule has 226 valence electrons. The minimum absolute atomic E-state index is 0.0637. The van der Waals surface area contributed by atoms with Gasteiger partial charge in [-0.15, -0.1) is 23.1 Å². The summed E-state index contributed by atoms with van der Waals surface area (Å²) in [6.45, 7) is 3.95. The first-order valence-corrected chi connectivity index (χ1v) is 15.8. The lowest BCUT2D eigenvalue weighted by Crippen LogP contribution is -2.63. The number of aromatic nitrogens is 2. The highest BCUT2D eigenvalue weighted by Crippen LogP contribution is 2.52. The molecular formula is C28H31N7O6S2. The van der Waals surface area contributed by atoms with Crippen molar-refractivity contribution in [3.8, 4) is 0 Å². The van der Waals surface area contributed by atoms with Crippen LogP contribution in [0.2, 0.25) is 0 Å². The van der Waals surface area contributed by atoms with Crippen molar-refractivity contribution in [1.29, 1.82) is 0 Å². The number of hydrogen-bond donors (Lipinski definition) is 1. The molecule has 2 aliphatic heterocycles. The average Bonchev–Trinajstić information content (AvgIpc) is 3.63. The molecule has 15 heteroatoms. The van der Waals surface area contributed by atoms with Crippen molar-refractivity contribution in [2.75, 3.05) is 12.3 Å². The number of benzene rings is 1. The molecule has 1 saturated heterocycles. The number of fused-ring (bicyclic) bond motifs is 2. The molecule has 4 atom stereocenters. The van der Waals surface area contributed by atoms with E-state index in [1.54, 1.807) is 25.0 Å². The van der Waals surface area contributed by atoms with Crippen molar-refractivity contribution in [2.24, 2.45) is 17.0 Å². The highest BCUT2D eigenvalue weighted by Gasteiger charge is 2.60. The zero-order valence-electron chi connectivity index (χ0n) is 23.7. The lowest BCUT2D eigenvalue weighted by Gasteiger charge is -2.46. The Morgan fingerprint density at radius 2 is 2.05 bits per heavy atom. The van der Waals surface area contributed by atoms with Crippen LogP contribution in [0.25, 0.3) is 20.8 Å². The summed E-state index contributed by atoms with van der Waals surface area (Å²) < 4.78 is 7.55. The fourth-order valence-electron chi connectivity index (χ4n) is 5.67. The number of nitro benzene ring substituents is 1. The van der Waals surface area contributed by atoms with Crippen LogP contribution in [0, 0.1) is 22.0 Å². The van der Waals surface area contributed by atoms with Gasteiger partial charge < -0.3 is 14.7 Å². The summed E-state index contributed by atoms with van der Waals surface area (Å²) in [4.78, 5) is 47.7. The van der Waals surface area contributed by atoms with E-state index in [0.717, 1.165) is 46.2 Å². The smallest absolute Gasteiger partial charge is 0.355 e. The molecule has 43 heavy (non-hydrogen) atoms. The van der Waals surface area contributed by atoms with E-state index in [2.05, 4.69) is 15.0 Å². The Bertz CT molecular complexity index is 1610. The van der Waals surface area contributed by atoms with Crippen LogP contribution in [-0.4, -0.2) is 60.6 Å². The van der Waals surface area contributed by atoms with Crippen molar-refractivity contribution < 1.29 is 24.4 Å². The van der Waals surface area contributed by atoms with Crippen molar-refractivity contribution in [3.63, 3.8) is 0 Å². The third kappa shape index (κ3) is 6.11. The van der Waals surface area contributed by atoms with E-state index in [-0.39, 0.29) is 35.9 Å². The molecule has 13 nitrogen and oxygen atoms in total. The maximum absolute atomic E-state index is 13.6. The fraction of sp³-hybridized carbons (Fsp3) is 0.464. The van der Waals surface area contributed by atoms with Gasteiger partial charge in [-0.2, -0.15) is 0 Å². The number of aliphatic hydroxyl groups is 1. The number of thioether (sulfide) groups is 1. The molecule has 1 fully saturated rings. The minimum atomic E-state index is -0.863. The Kier molecular flexibility index (Phi) is 9.35. The van der Waals surface area contributed by atoms with E-state index in [9.17, 15) is 24.8 Å². The van der Waals surface area contributed by atoms with E-state index >= 15 is 0 Å². The zero-order chi connectivity index (χ0) is 30.7. The Labute approximate surface area is 255 Å². The predicted molar refractivity (Wildman–Crippen MR) is 161 cm³/mol. The molecule has 0 saturated carbocycles. The second-order valence-electron chi connectivity index (χ2n) is 10.6. The lowest BCUT2D eigenvalue weighted by molar-refractivity contribution is -0.384. The van der Waals surface area contributed by atoms with Gasteiger partial charge in [0.2, 0.25) is 5.91 Å². The highest BCUT2D eigenvalue weighted by atomic mass is 32.2. The van der Waals surface area contributed by atoms with Gasteiger partial charge in [-0.05, 0) is 48.7 Å². The Morgan fingerprint density at radius 3 is 2.74 bits per heavy atom. The van der Waals surface area contributed by atoms with Gasteiger partial charge >= 0.3 is 5.97 Å². The molecule has 1 amide bonds. The lowest BCUT2D eigenvalue weighted by atomic mass is 9.77. The van der Waals surface area contributed by atoms with Crippen molar-refractivity contribution in [2.45, 2.75) is 63.3 Å². The zero-order valence-corrected chi connectivity index (χ0v) is 25.3. The summed E-state index contributed by atoms with van der Waals surface area (Å²) >= 11 is 3.16. The minimum Gasteiger partial charge on any atom is -0.456 e. The van der Waals surface area contributed by atoms with Gasteiger partial charge in [0.05, 0.1) is 27.9 Å². The van der Waals surface area contributed by atoms with Crippen molar-refractivity contribution >= 4 is 51.1 Å². The van der Waals surface area contributed by atoms with Gasteiger partial charge in [0.15, 0.2) is 0 Å². The molecule has 1 aromatic carbocycles. The van der Waals surface area contributed by atoms with Crippen LogP contribution < -0.4 is 0 Å². The van der Waals surface area contributed by atoms with Gasteiger partial charge in [-0.25, -0.2) is 9.78 Å². The SMILES string of the molecule is C[C@@H](O)[C@H]1C(=O)N2C(C(=O)OCc3ccc([N+](=O)[O-])cc3)=C(c3cn4cnc(SCCCCCCN=[N+]=[N-])c4s3)[C@H](C)[C@H]12. The Balaban J connectivity index is 1.35. The average molecular weight is 626 g/mol. The standard InChI is InChI=1S/C28H31N7O6S2/c1-16-21(20-13-33-15-30-25(27(33)43-20)42-12-6-4-3-5-11-31-32-29)24(34-23(16)22(17(2)36)26(34)37)28(38)41-14-18-7-9-19(10-8-18)35(39)40/h7-10,13,15-17,22-23,36H,3-6,11-12,14H2,1-2H3/t16-,17+,22+,23+/m0/s1. The first kappa shape index (κ1) is 30.5. The second-order valence-corrected chi connectivity index (χ2v) is 12.7. The number of amides is 1. The van der Waals surface area contributed by atoms with Gasteiger partial charge in [0, 0.05) is 41.3 Å². The first-order chi connectivity index (χ1) is 20.7. The summed E-state index contributed by atoms with van der Waals surface area (Å²) in [6.07, 6.45) is 6.70. The van der Waals surface area contributed by atoms with E-state index in [1.807, 2.05) is 17.5 Å². The number of carbonyl (C=O) groups excluding carboxylic acids is 2. The second kappa shape index (κ2) is 13.2. The quantitative estimate of drug-likeness (QED) is 0.0278. The monoisotopic (exact) mass is 625 g/mol. The molecule has 2 aromatic heterocycles. The third-order valence-corrected chi connectivity index (χ3v) is 10.1. The molecule has 0 spiro atoms. The van der Waals surface area contributed by atoms with Crippen LogP contribution in [0.4, 0.5) is 5.69 Å². The van der Waals surface area contributed by atoms with E-state index < -0.39 is 22.9 Å². The first-order valence-electron chi connectivity index (χ1n) is 14.0. The molecule has 0 aliphatic carbocycles. The number of unbranched alkanes of at least 4 members (excludes halogenated alkanes) is 3. The largest absolute Gasteiger partial charge is 0.456 e. The summed E-state index contributed by atoms with van der Waals surface area (Å²) in [7, 11) is 0. The number of azide groups is 1. The molecule has 3 aromatic rings. The number of non-ortho nitro benzene ring substituents is 1. The number of rotatable bonds is 14. The van der Waals surface area contributed by atoms with Crippen LogP contribution >= 0.6 is 23.1 Å². The topological polar surface area (TPSA) is 176 Å². The van der Waals surface area contributed by atoms with Gasteiger partial charge in [-0.3, -0.25) is 19.3 Å². The van der Waals surface area contributed by atoms with Gasteiger partial charge in [0.1, 0.15) is 28.5 Å². The number of aliphatic hydroxyl groups excluding tert-OH is 1. The van der Waals surface area contributed by atoms with Crippen LogP contribution in [0.15, 0.2) is 52.6 Å². The highest BCUT2D eigenvalue weighted by molar-refractivity contribution is 7.99. The summed E-state index contributed by atoms with van der Waals surface area (Å²) in [6, 6.07) is 5.38. The maximum Gasteiger partial charge on any atom is 0.355 e. The molecule has 0 bridgehead atoms. The van der Waals surface area contributed by atoms with Gasteiger partial charge in [-0.1, -0.05) is 24.9 Å². The number of carbonyl (C=O) groups is 2. The normalized spacial score (nSPS) is 20.1. The summed E-state index contributed by atoms with van der Waals surface area (Å²) in [5.74, 6) is -0.926. The molecular weight excluding hydrogens is 594 g/mol. The van der Waals surface area contributed by atoms with Crippen molar-refractivity contribution in [3.05, 3.63) is 73.5 Å². The number of esters is 1. The number of ether oxygens (including phenoxy) is 1.